The molecular weight excluding hydrogens is 354 g/mol. The summed E-state index contributed by atoms with van der Waals surface area (Å²) in [6.07, 6.45) is 2.52. The largest absolute Gasteiger partial charge is 0.354 e. The molecule has 28 heavy (non-hydrogen) atoms. The molecule has 2 N–H and O–H groups in total. The molecule has 2 heterocycles. The molecule has 0 bridgehead atoms. The van der Waals surface area contributed by atoms with Gasteiger partial charge in [0, 0.05) is 44.8 Å². The van der Waals surface area contributed by atoms with Crippen LogP contribution in [0.15, 0.2) is 30.3 Å². The number of para-hydroxylation sites is 1. The van der Waals surface area contributed by atoms with Crippen LogP contribution in [0.2, 0.25) is 0 Å². The Balaban J connectivity index is 1.66. The van der Waals surface area contributed by atoms with Crippen LogP contribution < -0.4 is 15.5 Å². The van der Waals surface area contributed by atoms with Crippen LogP contribution >= 0.6 is 0 Å². The Morgan fingerprint density at radius 3 is 2.50 bits per heavy atom. The summed E-state index contributed by atoms with van der Waals surface area (Å²) in [4.78, 5) is 29.4. The van der Waals surface area contributed by atoms with Crippen LogP contribution in [-0.2, 0) is 4.79 Å². The van der Waals surface area contributed by atoms with Gasteiger partial charge in [-0.25, -0.2) is 0 Å². The smallest absolute Gasteiger partial charge is 0.233 e. The molecule has 1 amide bonds. The Morgan fingerprint density at radius 2 is 1.82 bits per heavy atom. The predicted molar refractivity (Wildman–Crippen MR) is 112 cm³/mol. The molecular formula is C20H29N7O. The van der Waals surface area contributed by atoms with Crippen LogP contribution in [0, 0.1) is 0 Å². The van der Waals surface area contributed by atoms with Gasteiger partial charge in [-0.3, -0.25) is 4.79 Å². The summed E-state index contributed by atoms with van der Waals surface area (Å²) in [7, 11) is 0. The van der Waals surface area contributed by atoms with Gasteiger partial charge >= 0.3 is 0 Å². The van der Waals surface area contributed by atoms with Crippen molar-refractivity contribution in [2.75, 3.05) is 48.3 Å². The summed E-state index contributed by atoms with van der Waals surface area (Å²) in [5.74, 6) is 1.97. The Bertz CT molecular complexity index is 764. The van der Waals surface area contributed by atoms with E-state index in [9.17, 15) is 4.79 Å². The summed E-state index contributed by atoms with van der Waals surface area (Å²) in [5.41, 5.74) is 0.928. The van der Waals surface area contributed by atoms with E-state index in [2.05, 4.69) is 44.3 Å². The fourth-order valence-corrected chi connectivity index (χ4v) is 3.21. The van der Waals surface area contributed by atoms with Gasteiger partial charge in [-0.15, -0.1) is 0 Å². The van der Waals surface area contributed by atoms with E-state index in [1.807, 2.05) is 35.2 Å². The number of amides is 1. The fourth-order valence-electron chi connectivity index (χ4n) is 3.21. The maximum Gasteiger partial charge on any atom is 0.233 e. The topological polar surface area (TPSA) is 86.3 Å². The first kappa shape index (κ1) is 19.9. The highest BCUT2D eigenvalue weighted by atomic mass is 16.2. The second kappa shape index (κ2) is 9.87. The average molecular weight is 384 g/mol. The van der Waals surface area contributed by atoms with E-state index in [1.54, 1.807) is 0 Å². The minimum atomic E-state index is 0.262. The van der Waals surface area contributed by atoms with E-state index in [1.165, 1.54) is 0 Å². The monoisotopic (exact) mass is 383 g/mol. The van der Waals surface area contributed by atoms with Crippen molar-refractivity contribution in [1.82, 2.24) is 19.9 Å². The minimum Gasteiger partial charge on any atom is -0.354 e. The number of nitrogens with zero attached hydrogens (tertiary/aromatic N) is 5. The number of aromatic nitrogens is 3. The van der Waals surface area contributed by atoms with Gasteiger partial charge in [0.05, 0.1) is 0 Å². The molecule has 1 fully saturated rings. The van der Waals surface area contributed by atoms with Crippen molar-refractivity contribution in [3.05, 3.63) is 30.3 Å². The SMILES string of the molecule is CCN(CC)c1nc(NCCCN2CCCC2=O)nc(Nc2ccccc2)n1. The first-order valence-electron chi connectivity index (χ1n) is 10.0. The molecule has 1 aromatic heterocycles. The first-order valence-corrected chi connectivity index (χ1v) is 10.0. The van der Waals surface area contributed by atoms with Gasteiger partial charge in [-0.05, 0) is 38.8 Å². The number of hydrogen-bond acceptors (Lipinski definition) is 7. The normalized spacial score (nSPS) is 13.6. The lowest BCUT2D eigenvalue weighted by molar-refractivity contribution is -0.127. The van der Waals surface area contributed by atoms with Crippen LogP contribution in [-0.4, -0.2) is 58.5 Å². The molecule has 0 aliphatic carbocycles. The molecule has 1 aliphatic rings. The summed E-state index contributed by atoms with van der Waals surface area (Å²) in [5, 5.41) is 6.53. The van der Waals surface area contributed by atoms with E-state index >= 15 is 0 Å². The van der Waals surface area contributed by atoms with Crippen LogP contribution in [0.5, 0.6) is 0 Å². The number of benzene rings is 1. The van der Waals surface area contributed by atoms with Crippen LogP contribution in [0.1, 0.15) is 33.1 Å². The molecule has 0 atom stereocenters. The zero-order chi connectivity index (χ0) is 19.8. The zero-order valence-corrected chi connectivity index (χ0v) is 16.7. The number of nitrogens with one attached hydrogen (secondary N) is 2. The van der Waals surface area contributed by atoms with Gasteiger partial charge < -0.3 is 20.4 Å². The van der Waals surface area contributed by atoms with Crippen LogP contribution in [0.25, 0.3) is 0 Å². The van der Waals surface area contributed by atoms with Gasteiger partial charge in [-0.2, -0.15) is 15.0 Å². The molecule has 3 rings (SSSR count). The van der Waals surface area contributed by atoms with Gasteiger partial charge in [0.15, 0.2) is 0 Å². The fraction of sp³-hybridized carbons (Fsp3) is 0.500. The second-order valence-electron chi connectivity index (χ2n) is 6.71. The average Bonchev–Trinajstić information content (AvgIpc) is 3.12. The Kier molecular flexibility index (Phi) is 7.00. The molecule has 8 nitrogen and oxygen atoms in total. The lowest BCUT2D eigenvalue weighted by Gasteiger charge is -2.20. The molecule has 0 saturated carbocycles. The number of carbonyl (C=O) groups is 1. The van der Waals surface area contributed by atoms with E-state index in [4.69, 9.17) is 0 Å². The summed E-state index contributed by atoms with van der Waals surface area (Å²) < 4.78 is 0. The maximum absolute atomic E-state index is 11.7. The second-order valence-corrected chi connectivity index (χ2v) is 6.71. The minimum absolute atomic E-state index is 0.262. The third-order valence-electron chi connectivity index (χ3n) is 4.76. The van der Waals surface area contributed by atoms with Gasteiger partial charge in [0.2, 0.25) is 23.8 Å². The van der Waals surface area contributed by atoms with Crippen LogP contribution in [0.4, 0.5) is 23.5 Å². The lowest BCUT2D eigenvalue weighted by atomic mass is 10.3. The molecule has 150 valence electrons. The first-order chi connectivity index (χ1) is 13.7. The molecule has 0 unspecified atom stereocenters. The summed E-state index contributed by atoms with van der Waals surface area (Å²) >= 11 is 0. The molecule has 8 heteroatoms. The van der Waals surface area contributed by atoms with Crippen molar-refractivity contribution < 1.29 is 4.79 Å². The number of likely N-dealkylation sites (tertiary alicyclic amines) is 1. The molecule has 1 aromatic carbocycles. The molecule has 0 radical (unpaired) electrons. The number of hydrogen-bond donors (Lipinski definition) is 2. The summed E-state index contributed by atoms with van der Waals surface area (Å²) in [6.45, 7) is 8.16. The van der Waals surface area contributed by atoms with Crippen molar-refractivity contribution >= 4 is 29.4 Å². The quantitative estimate of drug-likeness (QED) is 0.610. The van der Waals surface area contributed by atoms with E-state index in [0.29, 0.717) is 30.8 Å². The highest BCUT2D eigenvalue weighted by Gasteiger charge is 2.19. The predicted octanol–water partition coefficient (Wildman–Crippen LogP) is 2.89. The maximum atomic E-state index is 11.7. The molecule has 1 saturated heterocycles. The Labute approximate surface area is 166 Å². The van der Waals surface area contributed by atoms with Crippen molar-refractivity contribution in [2.24, 2.45) is 0 Å². The van der Waals surface area contributed by atoms with Gasteiger partial charge in [0.1, 0.15) is 0 Å². The van der Waals surface area contributed by atoms with Crippen LogP contribution in [0.3, 0.4) is 0 Å². The Morgan fingerprint density at radius 1 is 1.07 bits per heavy atom. The number of carbonyl (C=O) groups excluding carboxylic acids is 1. The van der Waals surface area contributed by atoms with Gasteiger partial charge in [0.25, 0.3) is 0 Å². The third kappa shape index (κ3) is 5.31. The molecule has 2 aromatic rings. The van der Waals surface area contributed by atoms with Crippen molar-refractivity contribution in [3.63, 3.8) is 0 Å². The van der Waals surface area contributed by atoms with E-state index in [0.717, 1.165) is 44.7 Å². The van der Waals surface area contributed by atoms with Gasteiger partial charge in [-0.1, -0.05) is 18.2 Å². The Hall–Kier alpha value is -2.90. The molecule has 0 spiro atoms. The highest BCUT2D eigenvalue weighted by Crippen LogP contribution is 2.17. The zero-order valence-electron chi connectivity index (χ0n) is 16.7. The van der Waals surface area contributed by atoms with E-state index < -0.39 is 0 Å². The van der Waals surface area contributed by atoms with Crippen molar-refractivity contribution in [3.8, 4) is 0 Å². The van der Waals surface area contributed by atoms with Crippen molar-refractivity contribution in [2.45, 2.75) is 33.1 Å². The lowest BCUT2D eigenvalue weighted by Crippen LogP contribution is -2.27. The molecule has 1 aliphatic heterocycles. The summed E-state index contributed by atoms with van der Waals surface area (Å²) in [6, 6.07) is 9.85. The standard InChI is InChI=1S/C20H29N7O/c1-3-26(4-2)20-24-18(21-13-9-15-27-14-8-12-17(27)28)23-19(25-20)22-16-10-6-5-7-11-16/h5-7,10-11H,3-4,8-9,12-15H2,1-2H3,(H2,21,22,23,24,25). The third-order valence-corrected chi connectivity index (χ3v) is 4.76. The number of rotatable bonds is 10. The number of anilines is 4. The van der Waals surface area contributed by atoms with E-state index in [-0.39, 0.29) is 5.91 Å². The highest BCUT2D eigenvalue weighted by molar-refractivity contribution is 5.78. The van der Waals surface area contributed by atoms with Crippen molar-refractivity contribution in [1.29, 1.82) is 0 Å².